The van der Waals surface area contributed by atoms with Gasteiger partial charge in [-0.15, -0.1) is 0 Å². The van der Waals surface area contributed by atoms with Gasteiger partial charge < -0.3 is 10.6 Å². The van der Waals surface area contributed by atoms with Gasteiger partial charge in [-0.05, 0) is 49.4 Å². The third-order valence-electron chi connectivity index (χ3n) is 4.63. The first kappa shape index (κ1) is 17.9. The summed E-state index contributed by atoms with van der Waals surface area (Å²) in [5, 5.41) is 17.4. The van der Waals surface area contributed by atoms with Crippen molar-refractivity contribution < 1.29 is 9.72 Å². The second-order valence-electron chi connectivity index (χ2n) is 6.70. The number of rotatable bonds is 7. The van der Waals surface area contributed by atoms with Gasteiger partial charge >= 0.3 is 0 Å². The van der Waals surface area contributed by atoms with Crippen LogP contribution < -0.4 is 10.6 Å². The van der Waals surface area contributed by atoms with Gasteiger partial charge in [0.05, 0.1) is 11.0 Å². The normalized spacial score (nSPS) is 14.5. The van der Waals surface area contributed by atoms with Crippen LogP contribution in [0.25, 0.3) is 0 Å². The Labute approximate surface area is 152 Å². The minimum Gasteiger partial charge on any atom is -0.377 e. The van der Waals surface area contributed by atoms with Crippen molar-refractivity contribution in [2.45, 2.75) is 45.2 Å². The molecule has 2 N–H and O–H groups in total. The molecule has 0 heterocycles. The second-order valence-corrected chi connectivity index (χ2v) is 6.70. The molecule has 136 valence electrons. The Morgan fingerprint density at radius 2 is 1.92 bits per heavy atom. The molecule has 0 aliphatic heterocycles. The molecular formula is C20H23N3O3. The number of hydrogen-bond acceptors (Lipinski definition) is 4. The highest BCUT2D eigenvalue weighted by atomic mass is 16.6. The second kappa shape index (κ2) is 7.56. The number of carbonyl (C=O) groups excluding carboxylic acids is 1. The Bertz CT molecular complexity index is 814. The number of aryl methyl sites for hydroxylation is 1. The first-order valence-corrected chi connectivity index (χ1v) is 8.92. The van der Waals surface area contributed by atoms with Crippen LogP contribution in [0.3, 0.4) is 0 Å². The fourth-order valence-electron chi connectivity index (χ4n) is 2.80. The zero-order valence-corrected chi connectivity index (χ0v) is 15.0. The van der Waals surface area contributed by atoms with Crippen molar-refractivity contribution in [3.05, 3.63) is 69.3 Å². The highest BCUT2D eigenvalue weighted by molar-refractivity contribution is 5.96. The van der Waals surface area contributed by atoms with E-state index >= 15 is 0 Å². The van der Waals surface area contributed by atoms with Crippen molar-refractivity contribution in [3.8, 4) is 0 Å². The maximum absolute atomic E-state index is 12.5. The SMILES string of the molecule is CCc1ccc(C(C)NC(=O)c2ccc(NC3CC3)c([N+](=O)[O-])c2)cc1. The average molecular weight is 353 g/mol. The highest BCUT2D eigenvalue weighted by Crippen LogP contribution is 2.31. The standard InChI is InChI=1S/C20H23N3O3/c1-3-14-4-6-15(7-5-14)13(2)21-20(24)16-8-11-18(22-17-9-10-17)19(12-16)23(25)26/h4-8,11-13,17,22H,3,9-10H2,1-2H3,(H,21,24). The lowest BCUT2D eigenvalue weighted by molar-refractivity contribution is -0.384. The molecule has 0 spiro atoms. The van der Waals surface area contributed by atoms with Crippen molar-refractivity contribution in [2.24, 2.45) is 0 Å². The summed E-state index contributed by atoms with van der Waals surface area (Å²) in [6.45, 7) is 3.99. The fraction of sp³-hybridized carbons (Fsp3) is 0.350. The van der Waals surface area contributed by atoms with Gasteiger partial charge in [-0.1, -0.05) is 31.2 Å². The largest absolute Gasteiger partial charge is 0.377 e. The Kier molecular flexibility index (Phi) is 5.21. The number of carbonyl (C=O) groups is 1. The molecule has 1 aliphatic carbocycles. The topological polar surface area (TPSA) is 84.3 Å². The molecule has 1 unspecified atom stereocenters. The van der Waals surface area contributed by atoms with Crippen molar-refractivity contribution >= 4 is 17.3 Å². The van der Waals surface area contributed by atoms with Gasteiger partial charge in [-0.25, -0.2) is 0 Å². The smallest absolute Gasteiger partial charge is 0.293 e. The van der Waals surface area contributed by atoms with E-state index in [1.54, 1.807) is 12.1 Å². The van der Waals surface area contributed by atoms with Crippen LogP contribution in [0.5, 0.6) is 0 Å². The van der Waals surface area contributed by atoms with E-state index in [-0.39, 0.29) is 23.2 Å². The van der Waals surface area contributed by atoms with E-state index in [4.69, 9.17) is 0 Å². The number of nitrogens with zero attached hydrogens (tertiary/aromatic N) is 1. The summed E-state index contributed by atoms with van der Waals surface area (Å²) in [4.78, 5) is 23.4. The fourth-order valence-corrected chi connectivity index (χ4v) is 2.80. The van der Waals surface area contributed by atoms with Crippen LogP contribution in [0.1, 0.15) is 54.2 Å². The highest BCUT2D eigenvalue weighted by Gasteiger charge is 2.25. The lowest BCUT2D eigenvalue weighted by Gasteiger charge is -2.15. The molecule has 6 heteroatoms. The van der Waals surface area contributed by atoms with Crippen molar-refractivity contribution in [3.63, 3.8) is 0 Å². The van der Waals surface area contributed by atoms with Crippen LogP contribution in [0, 0.1) is 10.1 Å². The predicted octanol–water partition coefficient (Wildman–Crippen LogP) is 4.22. The minimum atomic E-state index is -0.450. The third kappa shape index (κ3) is 4.20. The predicted molar refractivity (Wildman–Crippen MR) is 101 cm³/mol. The molecule has 1 aliphatic rings. The summed E-state index contributed by atoms with van der Waals surface area (Å²) in [6.07, 6.45) is 3.01. The zero-order valence-electron chi connectivity index (χ0n) is 15.0. The summed E-state index contributed by atoms with van der Waals surface area (Å²) < 4.78 is 0. The van der Waals surface area contributed by atoms with Gasteiger partial charge in [-0.3, -0.25) is 14.9 Å². The molecule has 2 aromatic carbocycles. The van der Waals surface area contributed by atoms with Crippen LogP contribution in [0.2, 0.25) is 0 Å². The molecular weight excluding hydrogens is 330 g/mol. The Hall–Kier alpha value is -2.89. The van der Waals surface area contributed by atoms with Gasteiger partial charge in [-0.2, -0.15) is 0 Å². The summed E-state index contributed by atoms with van der Waals surface area (Å²) in [7, 11) is 0. The zero-order chi connectivity index (χ0) is 18.7. The monoisotopic (exact) mass is 353 g/mol. The Balaban J connectivity index is 1.73. The van der Waals surface area contributed by atoms with Crippen molar-refractivity contribution in [1.82, 2.24) is 5.32 Å². The number of amides is 1. The van der Waals surface area contributed by atoms with Crippen LogP contribution in [0.4, 0.5) is 11.4 Å². The van der Waals surface area contributed by atoms with Crippen molar-refractivity contribution in [1.29, 1.82) is 0 Å². The van der Waals surface area contributed by atoms with Gasteiger partial charge in [0.25, 0.3) is 11.6 Å². The van der Waals surface area contributed by atoms with E-state index in [0.29, 0.717) is 11.7 Å². The summed E-state index contributed by atoms with van der Waals surface area (Å²) in [6, 6.07) is 12.8. The maximum atomic E-state index is 12.5. The molecule has 0 aromatic heterocycles. The molecule has 0 bridgehead atoms. The molecule has 0 radical (unpaired) electrons. The van der Waals surface area contributed by atoms with Crippen LogP contribution in [-0.4, -0.2) is 16.9 Å². The number of nitrogens with one attached hydrogen (secondary N) is 2. The molecule has 2 aromatic rings. The number of hydrogen-bond donors (Lipinski definition) is 2. The quantitative estimate of drug-likeness (QED) is 0.576. The molecule has 26 heavy (non-hydrogen) atoms. The number of benzene rings is 2. The summed E-state index contributed by atoms with van der Waals surface area (Å²) in [5.74, 6) is -0.321. The van der Waals surface area contributed by atoms with Gasteiger partial charge in [0.2, 0.25) is 0 Å². The molecule has 3 rings (SSSR count). The Morgan fingerprint density at radius 3 is 2.50 bits per heavy atom. The lowest BCUT2D eigenvalue weighted by atomic mass is 10.0. The van der Waals surface area contributed by atoms with E-state index < -0.39 is 4.92 Å². The van der Waals surface area contributed by atoms with Crippen LogP contribution in [-0.2, 0) is 6.42 Å². The van der Waals surface area contributed by atoms with E-state index in [1.807, 2.05) is 31.2 Å². The number of anilines is 1. The van der Waals surface area contributed by atoms with E-state index in [1.165, 1.54) is 11.6 Å². The average Bonchev–Trinajstić information content (AvgIpc) is 3.45. The molecule has 1 fully saturated rings. The summed E-state index contributed by atoms with van der Waals surface area (Å²) >= 11 is 0. The first-order chi connectivity index (χ1) is 12.5. The van der Waals surface area contributed by atoms with Crippen LogP contribution in [0.15, 0.2) is 42.5 Å². The van der Waals surface area contributed by atoms with E-state index in [0.717, 1.165) is 24.8 Å². The van der Waals surface area contributed by atoms with Crippen LogP contribution >= 0.6 is 0 Å². The lowest BCUT2D eigenvalue weighted by Crippen LogP contribution is -2.26. The molecule has 1 amide bonds. The van der Waals surface area contributed by atoms with Crippen molar-refractivity contribution in [2.75, 3.05) is 5.32 Å². The summed E-state index contributed by atoms with van der Waals surface area (Å²) in [5.41, 5.74) is 2.93. The maximum Gasteiger partial charge on any atom is 0.293 e. The van der Waals surface area contributed by atoms with Gasteiger partial charge in [0.15, 0.2) is 0 Å². The van der Waals surface area contributed by atoms with E-state index in [2.05, 4.69) is 17.6 Å². The minimum absolute atomic E-state index is 0.0653. The molecule has 1 atom stereocenters. The van der Waals surface area contributed by atoms with Gasteiger partial charge in [0, 0.05) is 17.7 Å². The number of nitro benzene ring substituents is 1. The number of nitro groups is 1. The van der Waals surface area contributed by atoms with Gasteiger partial charge in [0.1, 0.15) is 5.69 Å². The third-order valence-corrected chi connectivity index (χ3v) is 4.63. The van der Waals surface area contributed by atoms with E-state index in [9.17, 15) is 14.9 Å². The Morgan fingerprint density at radius 1 is 1.23 bits per heavy atom. The molecule has 0 saturated heterocycles. The molecule has 6 nitrogen and oxygen atoms in total. The first-order valence-electron chi connectivity index (χ1n) is 8.92. The molecule has 1 saturated carbocycles.